The molecule has 2 aliphatic heterocycles. The van der Waals surface area contributed by atoms with Crippen LogP contribution in [0.2, 0.25) is 0 Å². The summed E-state index contributed by atoms with van der Waals surface area (Å²) >= 11 is 0. The van der Waals surface area contributed by atoms with E-state index in [-0.39, 0.29) is 30.7 Å². The van der Waals surface area contributed by atoms with Crippen LogP contribution < -0.4 is 15.5 Å². The summed E-state index contributed by atoms with van der Waals surface area (Å²) in [6.45, 7) is 8.07. The molecular weight excluding hydrogens is 387 g/mol. The Hall–Kier alpha value is -1.08. The molecule has 0 aromatic carbocycles. The molecule has 0 saturated carbocycles. The topological polar surface area (TPSA) is 66.5 Å². The Morgan fingerprint density at radius 2 is 2.04 bits per heavy atom. The summed E-state index contributed by atoms with van der Waals surface area (Å²) in [7, 11) is 0. The zero-order valence-corrected chi connectivity index (χ0v) is 17.6. The second-order valence-electron chi connectivity index (χ2n) is 7.13. The van der Waals surface area contributed by atoms with Crippen LogP contribution in [0.25, 0.3) is 0 Å². The van der Waals surface area contributed by atoms with Crippen molar-refractivity contribution in [1.29, 1.82) is 0 Å². The van der Waals surface area contributed by atoms with Gasteiger partial charge < -0.3 is 20.3 Å². The third-order valence-electron chi connectivity index (χ3n) is 5.35. The Morgan fingerprint density at radius 3 is 2.74 bits per heavy atom. The summed E-state index contributed by atoms with van der Waals surface area (Å²) in [6.07, 6.45) is 4.78. The number of pyridine rings is 1. The molecule has 0 aliphatic carbocycles. The molecule has 3 heterocycles. The first-order valence-electron chi connectivity index (χ1n) is 9.48. The van der Waals surface area contributed by atoms with Crippen molar-refractivity contribution in [2.75, 3.05) is 44.3 Å². The number of amides is 1. The summed E-state index contributed by atoms with van der Waals surface area (Å²) < 4.78 is 5.42. The average Bonchev–Trinajstić information content (AvgIpc) is 2.68. The van der Waals surface area contributed by atoms with Gasteiger partial charge in [-0.25, -0.2) is 4.98 Å². The molecule has 27 heavy (non-hydrogen) atoms. The molecular formula is C19H32Cl2N4O2. The van der Waals surface area contributed by atoms with Gasteiger partial charge in [-0.15, -0.1) is 24.8 Å². The Kier molecular flexibility index (Phi) is 11.0. The lowest BCUT2D eigenvalue weighted by Crippen LogP contribution is -2.38. The van der Waals surface area contributed by atoms with E-state index >= 15 is 0 Å². The van der Waals surface area contributed by atoms with E-state index in [9.17, 15) is 4.79 Å². The fourth-order valence-corrected chi connectivity index (χ4v) is 3.77. The number of aromatic nitrogens is 1. The highest BCUT2D eigenvalue weighted by atomic mass is 35.5. The summed E-state index contributed by atoms with van der Waals surface area (Å²) in [5.41, 5.74) is 1.08. The molecule has 1 amide bonds. The van der Waals surface area contributed by atoms with Crippen molar-refractivity contribution >= 4 is 36.5 Å². The zero-order chi connectivity index (χ0) is 17.5. The molecule has 2 N–H and O–H groups in total. The Labute approximate surface area is 174 Å². The van der Waals surface area contributed by atoms with Gasteiger partial charge in [0.15, 0.2) is 0 Å². The van der Waals surface area contributed by atoms with Gasteiger partial charge in [-0.3, -0.25) is 4.79 Å². The second kappa shape index (κ2) is 12.4. The van der Waals surface area contributed by atoms with Gasteiger partial charge in [0.25, 0.3) is 0 Å². The molecule has 8 heteroatoms. The summed E-state index contributed by atoms with van der Waals surface area (Å²) in [6, 6.07) is 3.98. The van der Waals surface area contributed by atoms with Crippen LogP contribution in [0.5, 0.6) is 0 Å². The first-order chi connectivity index (χ1) is 12.2. The Morgan fingerprint density at radius 1 is 1.33 bits per heavy atom. The third-order valence-corrected chi connectivity index (χ3v) is 5.35. The quantitative estimate of drug-likeness (QED) is 0.742. The summed E-state index contributed by atoms with van der Waals surface area (Å²) in [5.74, 6) is 2.21. The van der Waals surface area contributed by atoms with Crippen molar-refractivity contribution in [3.05, 3.63) is 23.9 Å². The van der Waals surface area contributed by atoms with Crippen LogP contribution in [0.4, 0.5) is 5.82 Å². The van der Waals surface area contributed by atoms with Crippen LogP contribution in [0.3, 0.4) is 0 Å². The van der Waals surface area contributed by atoms with E-state index in [1.165, 1.54) is 12.8 Å². The monoisotopic (exact) mass is 418 g/mol. The molecule has 6 nitrogen and oxygen atoms in total. The maximum absolute atomic E-state index is 12.4. The van der Waals surface area contributed by atoms with Crippen molar-refractivity contribution in [2.24, 2.45) is 11.8 Å². The Balaban J connectivity index is 0.00000182. The maximum Gasteiger partial charge on any atom is 0.220 e. The number of hydrogen-bond donors (Lipinski definition) is 2. The number of anilines is 1. The molecule has 2 fully saturated rings. The number of hydrogen-bond acceptors (Lipinski definition) is 5. The van der Waals surface area contributed by atoms with E-state index in [1.54, 1.807) is 0 Å². The van der Waals surface area contributed by atoms with Gasteiger partial charge in [0.2, 0.25) is 5.91 Å². The van der Waals surface area contributed by atoms with Crippen LogP contribution in [-0.4, -0.2) is 50.3 Å². The van der Waals surface area contributed by atoms with E-state index in [1.807, 2.05) is 18.3 Å². The number of ether oxygens (including phenoxy) is 1. The molecule has 1 atom stereocenters. The maximum atomic E-state index is 12.4. The number of piperidine rings is 1. The van der Waals surface area contributed by atoms with Crippen molar-refractivity contribution in [2.45, 2.75) is 32.7 Å². The first-order valence-corrected chi connectivity index (χ1v) is 9.48. The van der Waals surface area contributed by atoms with Gasteiger partial charge in [-0.05, 0) is 43.8 Å². The van der Waals surface area contributed by atoms with Crippen molar-refractivity contribution in [3.8, 4) is 0 Å². The minimum absolute atomic E-state index is 0. The van der Waals surface area contributed by atoms with Crippen LogP contribution in [-0.2, 0) is 16.1 Å². The number of nitrogens with zero attached hydrogens (tertiary/aromatic N) is 2. The minimum atomic E-state index is 0. The minimum Gasteiger partial charge on any atom is -0.378 e. The zero-order valence-electron chi connectivity index (χ0n) is 16.0. The molecule has 154 valence electrons. The molecule has 2 saturated heterocycles. The molecule has 0 bridgehead atoms. The molecule has 1 aromatic heterocycles. The lowest BCUT2D eigenvalue weighted by Gasteiger charge is -2.29. The van der Waals surface area contributed by atoms with Crippen molar-refractivity contribution in [3.63, 3.8) is 0 Å². The molecule has 1 unspecified atom stereocenters. The molecule has 0 radical (unpaired) electrons. The van der Waals surface area contributed by atoms with Crippen molar-refractivity contribution in [1.82, 2.24) is 15.6 Å². The summed E-state index contributed by atoms with van der Waals surface area (Å²) in [5, 5.41) is 6.48. The smallest absolute Gasteiger partial charge is 0.220 e. The van der Waals surface area contributed by atoms with E-state index in [0.29, 0.717) is 24.8 Å². The molecule has 0 spiro atoms. The van der Waals surface area contributed by atoms with Crippen molar-refractivity contribution < 1.29 is 9.53 Å². The largest absolute Gasteiger partial charge is 0.378 e. The molecule has 2 aliphatic rings. The number of rotatable bonds is 6. The number of morpholine rings is 1. The number of carbonyl (C=O) groups is 1. The van der Waals surface area contributed by atoms with E-state index < -0.39 is 0 Å². The lowest BCUT2D eigenvalue weighted by atomic mass is 9.84. The third kappa shape index (κ3) is 7.11. The first kappa shape index (κ1) is 24.0. The highest BCUT2D eigenvalue weighted by Gasteiger charge is 2.22. The van der Waals surface area contributed by atoms with Gasteiger partial charge in [-0.1, -0.05) is 13.0 Å². The predicted molar refractivity (Wildman–Crippen MR) is 113 cm³/mol. The molecule has 1 aromatic rings. The van der Waals surface area contributed by atoms with Crippen LogP contribution in [0.1, 0.15) is 31.7 Å². The van der Waals surface area contributed by atoms with Gasteiger partial charge >= 0.3 is 0 Å². The number of carbonyl (C=O) groups excluding carboxylic acids is 1. The fourth-order valence-electron chi connectivity index (χ4n) is 3.77. The van der Waals surface area contributed by atoms with E-state index in [0.717, 1.165) is 50.8 Å². The highest BCUT2D eigenvalue weighted by molar-refractivity contribution is 5.85. The van der Waals surface area contributed by atoms with Crippen LogP contribution in [0, 0.1) is 11.8 Å². The van der Waals surface area contributed by atoms with Gasteiger partial charge in [0.1, 0.15) is 5.82 Å². The van der Waals surface area contributed by atoms with Gasteiger partial charge in [0.05, 0.1) is 13.2 Å². The standard InChI is InChI=1S/C19H30N4O2.2ClH/c1-15(16-4-7-20-8-5-16)13-18(24)22-14-17-3-2-6-21-19(17)23-9-11-25-12-10-23;;/h2-3,6,15-16,20H,4-5,7-14H2,1H3,(H,22,24);2*1H. The van der Waals surface area contributed by atoms with Crippen LogP contribution >= 0.6 is 24.8 Å². The summed E-state index contributed by atoms with van der Waals surface area (Å²) in [4.78, 5) is 19.1. The molecule has 3 rings (SSSR count). The normalized spacial score (nSPS) is 18.8. The highest BCUT2D eigenvalue weighted by Crippen LogP contribution is 2.24. The van der Waals surface area contributed by atoms with Gasteiger partial charge in [0, 0.05) is 37.8 Å². The second-order valence-corrected chi connectivity index (χ2v) is 7.13. The lowest BCUT2D eigenvalue weighted by molar-refractivity contribution is -0.122. The Bertz CT molecular complexity index is 564. The number of halogens is 2. The number of nitrogens with one attached hydrogen (secondary N) is 2. The van der Waals surface area contributed by atoms with Gasteiger partial charge in [-0.2, -0.15) is 0 Å². The fraction of sp³-hybridized carbons (Fsp3) is 0.684. The van der Waals surface area contributed by atoms with E-state index in [4.69, 9.17) is 4.74 Å². The SMILES string of the molecule is CC(CC(=O)NCc1cccnc1N1CCOCC1)C1CCNCC1.Cl.Cl. The van der Waals surface area contributed by atoms with E-state index in [2.05, 4.69) is 27.4 Å². The van der Waals surface area contributed by atoms with Crippen LogP contribution in [0.15, 0.2) is 18.3 Å². The average molecular weight is 419 g/mol. The predicted octanol–water partition coefficient (Wildman–Crippen LogP) is 2.40.